The summed E-state index contributed by atoms with van der Waals surface area (Å²) < 4.78 is 19.2. The monoisotopic (exact) mass is 443 g/mol. The lowest BCUT2D eigenvalue weighted by Gasteiger charge is -2.05. The molecule has 29 heavy (non-hydrogen) atoms. The van der Waals surface area contributed by atoms with Crippen molar-refractivity contribution >= 4 is 34.5 Å². The summed E-state index contributed by atoms with van der Waals surface area (Å²) in [4.78, 5) is 5.79. The van der Waals surface area contributed by atoms with Gasteiger partial charge in [-0.05, 0) is 55.0 Å². The number of nitrogens with zero attached hydrogens (tertiary/aromatic N) is 1. The molecule has 2 nitrogen and oxygen atoms in total. The van der Waals surface area contributed by atoms with Crippen LogP contribution in [0.3, 0.4) is 0 Å². The van der Waals surface area contributed by atoms with Gasteiger partial charge in [-0.25, -0.2) is 9.37 Å². The normalized spacial score (nSPS) is 10.9. The molecule has 1 aromatic heterocycles. The molecule has 4 rings (SSSR count). The molecule has 0 atom stereocenters. The predicted octanol–water partition coefficient (Wildman–Crippen LogP) is 7.81. The van der Waals surface area contributed by atoms with Gasteiger partial charge in [-0.1, -0.05) is 53.0 Å². The maximum absolute atomic E-state index is 13.4. The van der Waals surface area contributed by atoms with Gasteiger partial charge in [0.15, 0.2) is 0 Å². The summed E-state index contributed by atoms with van der Waals surface area (Å²) >= 11 is 13.6. The number of thiazole rings is 1. The minimum absolute atomic E-state index is 0.276. The third-order valence-corrected chi connectivity index (χ3v) is 5.82. The number of aryl methyl sites for hydroxylation is 1. The summed E-state index contributed by atoms with van der Waals surface area (Å²) in [6.45, 7) is 2.33. The number of hydrogen-bond acceptors (Lipinski definition) is 3. The van der Waals surface area contributed by atoms with Gasteiger partial charge in [-0.15, -0.1) is 11.3 Å². The van der Waals surface area contributed by atoms with E-state index in [1.54, 1.807) is 41.7 Å². The first kappa shape index (κ1) is 19.9. The number of aromatic nitrogens is 1. The standard InChI is InChI=1S/C23H16Cl2FNOS/c1-14-2-4-16(5-3-14)23-22(15-6-8-19(26)9-7-15)27-21(29-23)13-28-20-11-17(24)10-18(25)12-20/h2-12H,13H2,1H3. The second-order valence-corrected chi connectivity index (χ2v) is 8.51. The molecule has 0 aliphatic carbocycles. The van der Waals surface area contributed by atoms with Crippen LogP contribution in [0.5, 0.6) is 5.75 Å². The van der Waals surface area contributed by atoms with Gasteiger partial charge in [0.2, 0.25) is 0 Å². The highest BCUT2D eigenvalue weighted by Gasteiger charge is 2.16. The molecule has 0 fully saturated rings. The fourth-order valence-electron chi connectivity index (χ4n) is 2.89. The Morgan fingerprint density at radius 2 is 1.52 bits per heavy atom. The molecule has 1 heterocycles. The zero-order chi connectivity index (χ0) is 20.4. The van der Waals surface area contributed by atoms with Gasteiger partial charge in [0.25, 0.3) is 0 Å². The molecule has 4 aromatic rings. The summed E-state index contributed by atoms with van der Waals surface area (Å²) in [6.07, 6.45) is 0. The van der Waals surface area contributed by atoms with Crippen LogP contribution in [-0.4, -0.2) is 4.98 Å². The molecular weight excluding hydrogens is 428 g/mol. The van der Waals surface area contributed by atoms with Gasteiger partial charge in [-0.2, -0.15) is 0 Å². The fraction of sp³-hybridized carbons (Fsp3) is 0.0870. The summed E-state index contributed by atoms with van der Waals surface area (Å²) in [7, 11) is 0. The number of ether oxygens (including phenoxy) is 1. The molecule has 0 N–H and O–H groups in total. The Balaban J connectivity index is 1.68. The van der Waals surface area contributed by atoms with Gasteiger partial charge in [0.1, 0.15) is 23.2 Å². The van der Waals surface area contributed by atoms with Crippen molar-refractivity contribution in [1.82, 2.24) is 4.98 Å². The van der Waals surface area contributed by atoms with E-state index in [1.165, 1.54) is 17.7 Å². The van der Waals surface area contributed by atoms with Crippen molar-refractivity contribution in [3.8, 4) is 27.4 Å². The molecule has 146 valence electrons. The van der Waals surface area contributed by atoms with E-state index in [1.807, 2.05) is 6.92 Å². The third kappa shape index (κ3) is 4.78. The molecule has 0 saturated heterocycles. The second kappa shape index (κ2) is 8.54. The van der Waals surface area contributed by atoms with Gasteiger partial charge in [0, 0.05) is 15.6 Å². The Labute approximate surface area is 182 Å². The van der Waals surface area contributed by atoms with E-state index in [2.05, 4.69) is 24.3 Å². The van der Waals surface area contributed by atoms with Crippen LogP contribution in [0.15, 0.2) is 66.7 Å². The average Bonchev–Trinajstić information content (AvgIpc) is 3.11. The highest BCUT2D eigenvalue weighted by atomic mass is 35.5. The van der Waals surface area contributed by atoms with E-state index in [9.17, 15) is 4.39 Å². The summed E-state index contributed by atoms with van der Waals surface area (Å²) in [6, 6.07) is 19.7. The highest BCUT2D eigenvalue weighted by Crippen LogP contribution is 2.37. The highest BCUT2D eigenvalue weighted by molar-refractivity contribution is 7.15. The van der Waals surface area contributed by atoms with Crippen molar-refractivity contribution in [2.75, 3.05) is 0 Å². The van der Waals surface area contributed by atoms with E-state index in [0.717, 1.165) is 26.7 Å². The van der Waals surface area contributed by atoms with Crippen LogP contribution < -0.4 is 4.74 Å². The molecule has 0 aliphatic rings. The minimum atomic E-state index is -0.276. The van der Waals surface area contributed by atoms with Crippen LogP contribution in [0.4, 0.5) is 4.39 Å². The van der Waals surface area contributed by atoms with E-state index in [0.29, 0.717) is 15.8 Å². The Morgan fingerprint density at radius 3 is 2.17 bits per heavy atom. The third-order valence-electron chi connectivity index (χ3n) is 4.30. The topological polar surface area (TPSA) is 22.1 Å². The van der Waals surface area contributed by atoms with Crippen LogP contribution >= 0.6 is 34.5 Å². The molecule has 0 unspecified atom stereocenters. The number of hydrogen-bond donors (Lipinski definition) is 0. The van der Waals surface area contributed by atoms with Gasteiger partial charge < -0.3 is 4.74 Å². The lowest BCUT2D eigenvalue weighted by molar-refractivity contribution is 0.305. The molecular formula is C23H16Cl2FNOS. The van der Waals surface area contributed by atoms with E-state index in [4.69, 9.17) is 32.9 Å². The van der Waals surface area contributed by atoms with E-state index in [-0.39, 0.29) is 12.4 Å². The first-order valence-corrected chi connectivity index (χ1v) is 10.5. The van der Waals surface area contributed by atoms with Crippen molar-refractivity contribution in [1.29, 1.82) is 0 Å². The van der Waals surface area contributed by atoms with Gasteiger partial charge in [0.05, 0.1) is 10.6 Å². The SMILES string of the molecule is Cc1ccc(-c2sc(COc3cc(Cl)cc(Cl)c3)nc2-c2ccc(F)cc2)cc1. The minimum Gasteiger partial charge on any atom is -0.486 e. The number of benzene rings is 3. The zero-order valence-corrected chi connectivity index (χ0v) is 17.8. The smallest absolute Gasteiger partial charge is 0.140 e. The van der Waals surface area contributed by atoms with Crippen molar-refractivity contribution in [2.45, 2.75) is 13.5 Å². The largest absolute Gasteiger partial charge is 0.486 e. The lowest BCUT2D eigenvalue weighted by Crippen LogP contribution is -1.95. The number of halogens is 3. The molecule has 6 heteroatoms. The van der Waals surface area contributed by atoms with Crippen molar-refractivity contribution in [3.05, 3.63) is 93.2 Å². The predicted molar refractivity (Wildman–Crippen MR) is 118 cm³/mol. The molecule has 0 bridgehead atoms. The van der Waals surface area contributed by atoms with Crippen LogP contribution in [0.1, 0.15) is 10.6 Å². The lowest BCUT2D eigenvalue weighted by atomic mass is 10.1. The van der Waals surface area contributed by atoms with Crippen LogP contribution in [0, 0.1) is 12.7 Å². The molecule has 0 spiro atoms. The van der Waals surface area contributed by atoms with E-state index < -0.39 is 0 Å². The summed E-state index contributed by atoms with van der Waals surface area (Å²) in [5, 5.41) is 1.83. The Morgan fingerprint density at radius 1 is 0.897 bits per heavy atom. The molecule has 0 aliphatic heterocycles. The van der Waals surface area contributed by atoms with Crippen LogP contribution in [-0.2, 0) is 6.61 Å². The van der Waals surface area contributed by atoms with Crippen molar-refractivity contribution in [3.63, 3.8) is 0 Å². The quantitative estimate of drug-likeness (QED) is 0.313. The fourth-order valence-corrected chi connectivity index (χ4v) is 4.40. The average molecular weight is 444 g/mol. The van der Waals surface area contributed by atoms with Crippen LogP contribution in [0.25, 0.3) is 21.7 Å². The van der Waals surface area contributed by atoms with Gasteiger partial charge in [-0.3, -0.25) is 0 Å². The second-order valence-electron chi connectivity index (χ2n) is 6.55. The van der Waals surface area contributed by atoms with Crippen LogP contribution in [0.2, 0.25) is 10.0 Å². The summed E-state index contributed by atoms with van der Waals surface area (Å²) in [5.74, 6) is 0.306. The first-order chi connectivity index (χ1) is 14.0. The van der Waals surface area contributed by atoms with Gasteiger partial charge >= 0.3 is 0 Å². The first-order valence-electron chi connectivity index (χ1n) is 8.89. The number of rotatable bonds is 5. The molecule has 3 aromatic carbocycles. The molecule has 0 amide bonds. The summed E-state index contributed by atoms with van der Waals surface area (Å²) in [5.41, 5.74) is 3.91. The maximum Gasteiger partial charge on any atom is 0.140 e. The molecule has 0 radical (unpaired) electrons. The van der Waals surface area contributed by atoms with Crippen molar-refractivity contribution in [2.24, 2.45) is 0 Å². The Bertz CT molecular complexity index is 1060. The maximum atomic E-state index is 13.4. The molecule has 0 saturated carbocycles. The Kier molecular flexibility index (Phi) is 5.86. The van der Waals surface area contributed by atoms with Crippen molar-refractivity contribution < 1.29 is 9.13 Å². The Hall–Kier alpha value is -2.40. The van der Waals surface area contributed by atoms with E-state index >= 15 is 0 Å². The zero-order valence-electron chi connectivity index (χ0n) is 15.5.